The summed E-state index contributed by atoms with van der Waals surface area (Å²) < 4.78 is 5.11. The molecule has 1 aromatic carbocycles. The van der Waals surface area contributed by atoms with Gasteiger partial charge in [0.25, 0.3) is 0 Å². The third-order valence-corrected chi connectivity index (χ3v) is 4.41. The largest absolute Gasteiger partial charge is 0.497 e. The molecule has 1 heterocycles. The molecule has 2 aromatic rings. The van der Waals surface area contributed by atoms with Gasteiger partial charge in [-0.15, -0.1) is 11.3 Å². The minimum Gasteiger partial charge on any atom is -0.497 e. The van der Waals surface area contributed by atoms with Gasteiger partial charge in [0.15, 0.2) is 5.78 Å². The van der Waals surface area contributed by atoms with Gasteiger partial charge in [-0.3, -0.25) is 9.59 Å². The third kappa shape index (κ3) is 5.87. The summed E-state index contributed by atoms with van der Waals surface area (Å²) in [6, 6.07) is 11.5. The van der Waals surface area contributed by atoms with Gasteiger partial charge in [-0.05, 0) is 42.0 Å². The average molecular weight is 331 g/mol. The fourth-order valence-electron chi connectivity index (χ4n) is 2.20. The van der Waals surface area contributed by atoms with Crippen molar-refractivity contribution in [3.8, 4) is 5.75 Å². The molecule has 0 aliphatic heterocycles. The fraction of sp³-hybridized carbons (Fsp3) is 0.333. The van der Waals surface area contributed by atoms with Gasteiger partial charge < -0.3 is 10.1 Å². The van der Waals surface area contributed by atoms with E-state index in [1.54, 1.807) is 7.11 Å². The van der Waals surface area contributed by atoms with Crippen LogP contribution in [0, 0.1) is 0 Å². The van der Waals surface area contributed by atoms with Crippen LogP contribution in [0.5, 0.6) is 5.75 Å². The summed E-state index contributed by atoms with van der Waals surface area (Å²) in [6.45, 7) is 0.601. The molecule has 2 rings (SSSR count). The Kier molecular flexibility index (Phi) is 6.81. The minimum absolute atomic E-state index is 0.00232. The van der Waals surface area contributed by atoms with E-state index in [9.17, 15) is 9.59 Å². The van der Waals surface area contributed by atoms with Gasteiger partial charge >= 0.3 is 0 Å². The quantitative estimate of drug-likeness (QED) is 0.716. The SMILES string of the molecule is COc1ccc(CCNC(=O)CCCC(=O)c2cccs2)cc1. The number of ketones is 1. The lowest BCUT2D eigenvalue weighted by atomic mass is 10.1. The number of hydrogen-bond donors (Lipinski definition) is 1. The summed E-state index contributed by atoms with van der Waals surface area (Å²) in [4.78, 5) is 24.3. The Morgan fingerprint density at radius 2 is 1.91 bits per heavy atom. The van der Waals surface area contributed by atoms with Crippen molar-refractivity contribution < 1.29 is 14.3 Å². The van der Waals surface area contributed by atoms with Crippen LogP contribution in [0.1, 0.15) is 34.5 Å². The molecule has 0 saturated heterocycles. The zero-order valence-electron chi connectivity index (χ0n) is 13.2. The summed E-state index contributed by atoms with van der Waals surface area (Å²) in [7, 11) is 1.64. The maximum Gasteiger partial charge on any atom is 0.220 e. The number of benzene rings is 1. The number of Topliss-reactive ketones (excluding diaryl/α,β-unsaturated/α-hetero) is 1. The lowest BCUT2D eigenvalue weighted by molar-refractivity contribution is -0.121. The number of hydrogen-bond acceptors (Lipinski definition) is 4. The second kappa shape index (κ2) is 9.10. The van der Waals surface area contributed by atoms with Crippen molar-refractivity contribution in [3.05, 3.63) is 52.2 Å². The lowest BCUT2D eigenvalue weighted by Gasteiger charge is -2.06. The Balaban J connectivity index is 1.60. The van der Waals surface area contributed by atoms with Gasteiger partial charge in [-0.25, -0.2) is 0 Å². The summed E-state index contributed by atoms with van der Waals surface area (Å²) >= 11 is 1.44. The number of methoxy groups -OCH3 is 1. The number of carbonyl (C=O) groups is 2. The van der Waals surface area contributed by atoms with E-state index >= 15 is 0 Å². The molecule has 4 nitrogen and oxygen atoms in total. The van der Waals surface area contributed by atoms with Gasteiger partial charge in [0.2, 0.25) is 5.91 Å². The van der Waals surface area contributed by atoms with Gasteiger partial charge in [0, 0.05) is 19.4 Å². The van der Waals surface area contributed by atoms with Crippen molar-refractivity contribution in [3.63, 3.8) is 0 Å². The average Bonchev–Trinajstić information content (AvgIpc) is 3.10. The van der Waals surface area contributed by atoms with Crippen molar-refractivity contribution in [1.82, 2.24) is 5.32 Å². The van der Waals surface area contributed by atoms with E-state index in [1.165, 1.54) is 11.3 Å². The van der Waals surface area contributed by atoms with E-state index < -0.39 is 0 Å². The van der Waals surface area contributed by atoms with Crippen molar-refractivity contribution in [2.45, 2.75) is 25.7 Å². The third-order valence-electron chi connectivity index (χ3n) is 3.50. The molecule has 23 heavy (non-hydrogen) atoms. The van der Waals surface area contributed by atoms with Crippen molar-refractivity contribution in [1.29, 1.82) is 0 Å². The zero-order valence-corrected chi connectivity index (χ0v) is 14.0. The van der Waals surface area contributed by atoms with Crippen LogP contribution in [0.25, 0.3) is 0 Å². The monoisotopic (exact) mass is 331 g/mol. The van der Waals surface area contributed by atoms with E-state index in [1.807, 2.05) is 41.8 Å². The molecule has 0 bridgehead atoms. The Morgan fingerprint density at radius 3 is 2.57 bits per heavy atom. The van der Waals surface area contributed by atoms with Crippen LogP contribution in [0.3, 0.4) is 0 Å². The highest BCUT2D eigenvalue weighted by Crippen LogP contribution is 2.13. The van der Waals surface area contributed by atoms with E-state index in [4.69, 9.17) is 4.74 Å². The Morgan fingerprint density at radius 1 is 1.13 bits per heavy atom. The molecule has 122 valence electrons. The summed E-state index contributed by atoms with van der Waals surface area (Å²) in [5.74, 6) is 0.941. The highest BCUT2D eigenvalue weighted by Gasteiger charge is 2.08. The summed E-state index contributed by atoms with van der Waals surface area (Å²) in [6.07, 6.45) is 2.18. The predicted octanol–water partition coefficient (Wildman–Crippen LogP) is 3.47. The normalized spacial score (nSPS) is 10.3. The van der Waals surface area contributed by atoms with Crippen LogP contribution in [0.2, 0.25) is 0 Å². The molecule has 0 saturated carbocycles. The second-order valence-electron chi connectivity index (χ2n) is 5.20. The molecule has 0 radical (unpaired) electrons. The highest BCUT2D eigenvalue weighted by atomic mass is 32.1. The molecule has 0 atom stereocenters. The zero-order chi connectivity index (χ0) is 16.5. The number of rotatable bonds is 9. The van der Waals surface area contributed by atoms with Crippen LogP contribution in [-0.2, 0) is 11.2 Å². The van der Waals surface area contributed by atoms with Crippen LogP contribution in [0.4, 0.5) is 0 Å². The molecular formula is C18H21NO3S. The van der Waals surface area contributed by atoms with Crippen LogP contribution >= 0.6 is 11.3 Å². The maximum absolute atomic E-state index is 11.8. The molecule has 0 aliphatic carbocycles. The number of nitrogens with one attached hydrogen (secondary N) is 1. The molecular weight excluding hydrogens is 310 g/mol. The molecule has 5 heteroatoms. The molecule has 0 fully saturated rings. The first-order chi connectivity index (χ1) is 11.2. The van der Waals surface area contributed by atoms with Crippen molar-refractivity contribution >= 4 is 23.0 Å². The van der Waals surface area contributed by atoms with Gasteiger partial charge in [0.1, 0.15) is 5.75 Å². The topological polar surface area (TPSA) is 55.4 Å². The fourth-order valence-corrected chi connectivity index (χ4v) is 2.89. The molecule has 1 aromatic heterocycles. The number of carbonyl (C=O) groups excluding carboxylic acids is 2. The van der Waals surface area contributed by atoms with Crippen LogP contribution in [0.15, 0.2) is 41.8 Å². The summed E-state index contributed by atoms with van der Waals surface area (Å²) in [5.41, 5.74) is 1.15. The predicted molar refractivity (Wildman–Crippen MR) is 92.2 cm³/mol. The first-order valence-electron chi connectivity index (χ1n) is 7.65. The Hall–Kier alpha value is -2.14. The molecule has 1 N–H and O–H groups in total. The first-order valence-corrected chi connectivity index (χ1v) is 8.53. The van der Waals surface area contributed by atoms with Crippen molar-refractivity contribution in [2.24, 2.45) is 0 Å². The molecule has 1 amide bonds. The molecule has 0 spiro atoms. The number of amides is 1. The molecule has 0 aliphatic rings. The Labute approximate surface area is 140 Å². The van der Waals surface area contributed by atoms with Crippen molar-refractivity contribution in [2.75, 3.05) is 13.7 Å². The number of thiophene rings is 1. The van der Waals surface area contributed by atoms with Gasteiger partial charge in [0.05, 0.1) is 12.0 Å². The Bertz CT molecular complexity index is 620. The first kappa shape index (κ1) is 17.2. The van der Waals surface area contributed by atoms with E-state index in [2.05, 4.69) is 5.32 Å². The minimum atomic E-state index is -0.00232. The van der Waals surface area contributed by atoms with E-state index in [0.717, 1.165) is 22.6 Å². The second-order valence-corrected chi connectivity index (χ2v) is 6.15. The number of ether oxygens (including phenoxy) is 1. The molecule has 0 unspecified atom stereocenters. The van der Waals surface area contributed by atoms with E-state index in [-0.39, 0.29) is 11.7 Å². The van der Waals surface area contributed by atoms with Crippen LogP contribution < -0.4 is 10.1 Å². The lowest BCUT2D eigenvalue weighted by Crippen LogP contribution is -2.25. The van der Waals surface area contributed by atoms with Gasteiger partial charge in [-0.1, -0.05) is 18.2 Å². The standard InChI is InChI=1S/C18H21NO3S/c1-22-15-9-7-14(8-10-15)11-12-19-18(21)6-2-4-16(20)17-5-3-13-23-17/h3,5,7-10,13H,2,4,6,11-12H2,1H3,(H,19,21). The maximum atomic E-state index is 11.8. The van der Waals surface area contributed by atoms with Crippen LogP contribution in [-0.4, -0.2) is 25.3 Å². The summed E-state index contributed by atoms with van der Waals surface area (Å²) in [5, 5.41) is 4.78. The van der Waals surface area contributed by atoms with E-state index in [0.29, 0.717) is 25.8 Å². The van der Waals surface area contributed by atoms with Gasteiger partial charge in [-0.2, -0.15) is 0 Å². The smallest absolute Gasteiger partial charge is 0.220 e. The highest BCUT2D eigenvalue weighted by molar-refractivity contribution is 7.12.